The molecule has 1 aromatic carbocycles. The lowest BCUT2D eigenvalue weighted by Gasteiger charge is -2.12. The van der Waals surface area contributed by atoms with Crippen LogP contribution >= 0.6 is 15.9 Å². The highest BCUT2D eigenvalue weighted by molar-refractivity contribution is 9.10. The van der Waals surface area contributed by atoms with E-state index in [2.05, 4.69) is 15.9 Å². The number of carbonyl (C=O) groups excluding carboxylic acids is 1. The molecule has 0 aliphatic carbocycles. The summed E-state index contributed by atoms with van der Waals surface area (Å²) in [6.45, 7) is 1.83. The van der Waals surface area contributed by atoms with E-state index < -0.39 is 22.0 Å². The number of benzene rings is 1. The Balaban J connectivity index is 2.21. The van der Waals surface area contributed by atoms with Crippen LogP contribution in [0.2, 0.25) is 0 Å². The molecule has 0 radical (unpaired) electrons. The number of hydrogen-bond donors (Lipinski definition) is 1. The Bertz CT molecular complexity index is 711. The van der Waals surface area contributed by atoms with Crippen molar-refractivity contribution < 1.29 is 17.9 Å². The Morgan fingerprint density at radius 3 is 2.71 bits per heavy atom. The third-order valence-electron chi connectivity index (χ3n) is 3.07. The van der Waals surface area contributed by atoms with Crippen LogP contribution < -0.4 is 4.72 Å². The van der Waals surface area contributed by atoms with Crippen LogP contribution in [0, 0.1) is 11.3 Å². The molecule has 1 N–H and O–H groups in total. The van der Waals surface area contributed by atoms with Crippen LogP contribution in [0.3, 0.4) is 0 Å². The third-order valence-corrected chi connectivity index (χ3v) is 4.85. The summed E-state index contributed by atoms with van der Waals surface area (Å²) in [5.74, 6) is -0.683. The Labute approximate surface area is 131 Å². The first-order valence-electron chi connectivity index (χ1n) is 6.24. The number of ether oxygens (including phenoxy) is 1. The predicted molar refractivity (Wildman–Crippen MR) is 77.8 cm³/mol. The molecule has 0 saturated carbocycles. The molecule has 6 nitrogen and oxygen atoms in total. The first-order chi connectivity index (χ1) is 9.81. The molecule has 0 bridgehead atoms. The second-order valence-electron chi connectivity index (χ2n) is 4.77. The molecule has 2 atom stereocenters. The largest absolute Gasteiger partial charge is 0.365 e. The Hall–Kier alpha value is -1.43. The number of rotatable bonds is 3. The van der Waals surface area contributed by atoms with Gasteiger partial charge in [-0.2, -0.15) is 5.26 Å². The Morgan fingerprint density at radius 1 is 1.43 bits per heavy atom. The summed E-state index contributed by atoms with van der Waals surface area (Å²) in [4.78, 5) is 11.8. The summed E-state index contributed by atoms with van der Waals surface area (Å²) in [6.07, 6.45) is 0.398. The first-order valence-corrected chi connectivity index (χ1v) is 8.52. The molecule has 1 saturated heterocycles. The molecular formula is C13H13BrN2O4S. The van der Waals surface area contributed by atoms with Gasteiger partial charge in [-0.25, -0.2) is 13.1 Å². The van der Waals surface area contributed by atoms with Crippen molar-refractivity contribution in [3.63, 3.8) is 0 Å². The standard InChI is InChI=1S/C13H13BrN2O4S/c1-8-2-3-12(20-8)13(17)16-21(18,19)11-5-9(7-15)4-10(14)6-11/h4-6,8,12H,2-3H2,1H3,(H,16,17). The number of carbonyl (C=O) groups is 1. The van der Waals surface area contributed by atoms with Gasteiger partial charge in [0.25, 0.3) is 15.9 Å². The van der Waals surface area contributed by atoms with Crippen LogP contribution in [0.4, 0.5) is 0 Å². The molecular weight excluding hydrogens is 360 g/mol. The van der Waals surface area contributed by atoms with Gasteiger partial charge in [0.15, 0.2) is 0 Å². The fourth-order valence-corrected chi connectivity index (χ4v) is 3.76. The smallest absolute Gasteiger partial charge is 0.264 e. The van der Waals surface area contributed by atoms with Crippen molar-refractivity contribution in [2.24, 2.45) is 0 Å². The van der Waals surface area contributed by atoms with E-state index in [4.69, 9.17) is 10.00 Å². The number of hydrogen-bond acceptors (Lipinski definition) is 5. The molecule has 8 heteroatoms. The summed E-state index contributed by atoms with van der Waals surface area (Å²) < 4.78 is 32.1. The van der Waals surface area contributed by atoms with Gasteiger partial charge in [0.1, 0.15) is 6.10 Å². The maximum Gasteiger partial charge on any atom is 0.264 e. The van der Waals surface area contributed by atoms with E-state index in [0.717, 1.165) is 0 Å². The molecule has 112 valence electrons. The zero-order valence-electron chi connectivity index (χ0n) is 11.2. The van der Waals surface area contributed by atoms with Crippen LogP contribution in [0.1, 0.15) is 25.3 Å². The fraction of sp³-hybridized carbons (Fsp3) is 0.385. The van der Waals surface area contributed by atoms with Crippen molar-refractivity contribution in [3.8, 4) is 6.07 Å². The summed E-state index contributed by atoms with van der Waals surface area (Å²) in [5, 5.41) is 8.86. The number of nitrogens with zero attached hydrogens (tertiary/aromatic N) is 1. The normalized spacial score (nSPS) is 21.8. The van der Waals surface area contributed by atoms with E-state index in [-0.39, 0.29) is 16.6 Å². The third kappa shape index (κ3) is 3.81. The topological polar surface area (TPSA) is 96.3 Å². The van der Waals surface area contributed by atoms with Gasteiger partial charge in [0.05, 0.1) is 22.6 Å². The highest BCUT2D eigenvalue weighted by Crippen LogP contribution is 2.22. The fourth-order valence-electron chi connectivity index (χ4n) is 2.03. The van der Waals surface area contributed by atoms with Crippen LogP contribution in [0.25, 0.3) is 0 Å². The highest BCUT2D eigenvalue weighted by Gasteiger charge is 2.31. The van der Waals surface area contributed by atoms with Crippen molar-refractivity contribution >= 4 is 31.9 Å². The van der Waals surface area contributed by atoms with Crippen LogP contribution in [-0.2, 0) is 19.6 Å². The molecule has 2 rings (SSSR count). The van der Waals surface area contributed by atoms with Gasteiger partial charge in [0, 0.05) is 4.47 Å². The first kappa shape index (κ1) is 15.9. The molecule has 21 heavy (non-hydrogen) atoms. The molecule has 1 aromatic rings. The van der Waals surface area contributed by atoms with Gasteiger partial charge in [-0.05, 0) is 38.0 Å². The number of sulfonamides is 1. The summed E-state index contributed by atoms with van der Waals surface area (Å²) in [5.41, 5.74) is 0.183. The lowest BCUT2D eigenvalue weighted by atomic mass is 10.2. The zero-order chi connectivity index (χ0) is 15.6. The molecule has 1 aliphatic heterocycles. The molecule has 1 aliphatic rings. The van der Waals surface area contributed by atoms with E-state index >= 15 is 0 Å². The van der Waals surface area contributed by atoms with E-state index in [1.165, 1.54) is 18.2 Å². The average Bonchev–Trinajstić information content (AvgIpc) is 2.84. The van der Waals surface area contributed by atoms with Gasteiger partial charge in [-0.1, -0.05) is 15.9 Å². The lowest BCUT2D eigenvalue weighted by molar-refractivity contribution is -0.129. The summed E-state index contributed by atoms with van der Waals surface area (Å²) in [7, 11) is -4.03. The van der Waals surface area contributed by atoms with Crippen molar-refractivity contribution in [2.45, 2.75) is 36.9 Å². The predicted octanol–water partition coefficient (Wildman–Crippen LogP) is 1.69. The van der Waals surface area contributed by atoms with E-state index in [1.807, 2.05) is 17.7 Å². The minimum absolute atomic E-state index is 0.0560. The molecule has 1 fully saturated rings. The molecule has 2 unspecified atom stereocenters. The van der Waals surface area contributed by atoms with Crippen molar-refractivity contribution in [1.29, 1.82) is 5.26 Å². The Kier molecular flexibility index (Phi) is 4.66. The van der Waals surface area contributed by atoms with Gasteiger partial charge >= 0.3 is 0 Å². The highest BCUT2D eigenvalue weighted by atomic mass is 79.9. The van der Waals surface area contributed by atoms with E-state index in [9.17, 15) is 13.2 Å². The van der Waals surface area contributed by atoms with Gasteiger partial charge in [-0.3, -0.25) is 4.79 Å². The summed E-state index contributed by atoms with van der Waals surface area (Å²) in [6, 6.07) is 5.89. The van der Waals surface area contributed by atoms with Crippen molar-refractivity contribution in [1.82, 2.24) is 4.72 Å². The minimum atomic E-state index is -4.03. The van der Waals surface area contributed by atoms with Crippen LogP contribution in [-0.4, -0.2) is 26.5 Å². The maximum atomic E-state index is 12.2. The number of amides is 1. The van der Waals surface area contributed by atoms with Gasteiger partial charge in [0.2, 0.25) is 0 Å². The van der Waals surface area contributed by atoms with E-state index in [1.54, 1.807) is 0 Å². The second-order valence-corrected chi connectivity index (χ2v) is 7.37. The van der Waals surface area contributed by atoms with Crippen molar-refractivity contribution in [2.75, 3.05) is 0 Å². The number of nitriles is 1. The Morgan fingerprint density at radius 2 is 2.14 bits per heavy atom. The van der Waals surface area contributed by atoms with E-state index in [0.29, 0.717) is 17.3 Å². The van der Waals surface area contributed by atoms with Crippen molar-refractivity contribution in [3.05, 3.63) is 28.2 Å². The zero-order valence-corrected chi connectivity index (χ0v) is 13.6. The SMILES string of the molecule is CC1CCC(C(=O)NS(=O)(=O)c2cc(Br)cc(C#N)c2)O1. The number of halogens is 1. The minimum Gasteiger partial charge on any atom is -0.365 e. The molecule has 1 heterocycles. The summed E-state index contributed by atoms with van der Waals surface area (Å²) >= 11 is 3.13. The quantitative estimate of drug-likeness (QED) is 0.870. The van der Waals surface area contributed by atoms with Crippen LogP contribution in [0.5, 0.6) is 0 Å². The van der Waals surface area contributed by atoms with Gasteiger partial charge < -0.3 is 4.74 Å². The second kappa shape index (κ2) is 6.13. The maximum absolute atomic E-state index is 12.2. The monoisotopic (exact) mass is 372 g/mol. The molecule has 0 spiro atoms. The molecule has 0 aromatic heterocycles. The number of nitrogens with one attached hydrogen (secondary N) is 1. The lowest BCUT2D eigenvalue weighted by Crippen LogP contribution is -2.38. The van der Waals surface area contributed by atoms with Crippen LogP contribution in [0.15, 0.2) is 27.6 Å². The average molecular weight is 373 g/mol. The van der Waals surface area contributed by atoms with Gasteiger partial charge in [-0.15, -0.1) is 0 Å². The molecule has 1 amide bonds.